The molecule has 1 fully saturated rings. The maximum absolute atomic E-state index is 11.4. The van der Waals surface area contributed by atoms with Crippen molar-refractivity contribution in [1.29, 1.82) is 0 Å². The Morgan fingerprint density at radius 3 is 2.42 bits per heavy atom. The minimum absolute atomic E-state index is 0.260. The molecule has 0 aliphatic carbocycles. The van der Waals surface area contributed by atoms with Gasteiger partial charge in [0.15, 0.2) is 5.13 Å². The Kier molecular flexibility index (Phi) is 4.39. The Hall–Kier alpha value is -2.24. The van der Waals surface area contributed by atoms with Crippen molar-refractivity contribution < 1.29 is 13.3 Å². The molecule has 0 saturated carbocycles. The number of anilines is 2. The van der Waals surface area contributed by atoms with Crippen LogP contribution < -0.4 is 14.9 Å². The summed E-state index contributed by atoms with van der Waals surface area (Å²) in [5, 5.41) is 19.2. The molecule has 0 radical (unpaired) electrons. The lowest BCUT2D eigenvalue weighted by atomic mass is 10.2. The highest BCUT2D eigenvalue weighted by Gasteiger charge is 2.26. The van der Waals surface area contributed by atoms with Crippen molar-refractivity contribution in [2.24, 2.45) is 5.14 Å². The summed E-state index contributed by atoms with van der Waals surface area (Å²) in [5.74, 6) is 0. The largest absolute Gasteiger partial charge is 0.362 e. The molecule has 0 bridgehead atoms. The van der Waals surface area contributed by atoms with Gasteiger partial charge in [0.1, 0.15) is 5.69 Å². The van der Waals surface area contributed by atoms with Gasteiger partial charge >= 0.3 is 0 Å². The van der Waals surface area contributed by atoms with Crippen LogP contribution in [0.1, 0.15) is 0 Å². The van der Waals surface area contributed by atoms with E-state index in [9.17, 15) is 18.5 Å². The highest BCUT2D eigenvalue weighted by atomic mass is 32.2. The number of nitrogens with two attached hydrogens (primary N) is 1. The topological polar surface area (TPSA) is 123 Å². The van der Waals surface area contributed by atoms with Gasteiger partial charge in [-0.3, -0.25) is 10.1 Å². The molecule has 2 N–H and O–H groups in total. The van der Waals surface area contributed by atoms with Crippen LogP contribution in [0.15, 0.2) is 34.7 Å². The number of hydrogen-bond donors (Lipinski definition) is 1. The number of benzene rings is 1. The van der Waals surface area contributed by atoms with Gasteiger partial charge in [0.25, 0.3) is 5.69 Å². The normalized spacial score (nSPS) is 15.5. The molecule has 0 atom stereocenters. The summed E-state index contributed by atoms with van der Waals surface area (Å²) in [6.07, 6.45) is 1.74. The standard InChI is InChI=1S/C13H15N5O4S2/c14-24(21,22)10-1-2-11(12(9-10)18(19)20)16-4-6-17(7-5-16)13-15-3-8-23-13/h1-3,8-9H,4-7H2,(H2,14,21,22). The minimum Gasteiger partial charge on any atom is -0.362 e. The van der Waals surface area contributed by atoms with Gasteiger partial charge in [0.2, 0.25) is 10.0 Å². The van der Waals surface area contributed by atoms with Crippen molar-refractivity contribution in [3.63, 3.8) is 0 Å². The SMILES string of the molecule is NS(=O)(=O)c1ccc(N2CCN(c3nccs3)CC2)c([N+](=O)[O-])c1. The van der Waals surface area contributed by atoms with Crippen LogP contribution in [0.25, 0.3) is 0 Å². The predicted molar refractivity (Wildman–Crippen MR) is 91.0 cm³/mol. The number of piperazine rings is 1. The van der Waals surface area contributed by atoms with E-state index in [1.54, 1.807) is 17.5 Å². The average Bonchev–Trinajstić information content (AvgIpc) is 3.08. The molecule has 1 aromatic heterocycles. The van der Waals surface area contributed by atoms with Gasteiger partial charge in [-0.05, 0) is 12.1 Å². The van der Waals surface area contributed by atoms with Crippen molar-refractivity contribution in [3.05, 3.63) is 39.9 Å². The second kappa shape index (κ2) is 6.34. The Morgan fingerprint density at radius 2 is 1.88 bits per heavy atom. The number of hydrogen-bond acceptors (Lipinski definition) is 8. The van der Waals surface area contributed by atoms with Gasteiger partial charge in [-0.1, -0.05) is 0 Å². The van der Waals surface area contributed by atoms with Gasteiger partial charge in [-0.2, -0.15) is 0 Å². The van der Waals surface area contributed by atoms with Crippen molar-refractivity contribution in [3.8, 4) is 0 Å². The molecule has 1 aromatic carbocycles. The molecular formula is C13H15N5O4S2. The van der Waals surface area contributed by atoms with E-state index in [4.69, 9.17) is 5.14 Å². The van der Waals surface area contributed by atoms with E-state index < -0.39 is 14.9 Å². The number of primary sulfonamides is 1. The molecule has 1 aliphatic heterocycles. The second-order valence-electron chi connectivity index (χ2n) is 5.24. The summed E-state index contributed by atoms with van der Waals surface area (Å²) in [4.78, 5) is 18.7. The monoisotopic (exact) mass is 369 g/mol. The Morgan fingerprint density at radius 1 is 1.21 bits per heavy atom. The van der Waals surface area contributed by atoms with E-state index >= 15 is 0 Å². The first kappa shape index (κ1) is 16.6. The lowest BCUT2D eigenvalue weighted by Gasteiger charge is -2.35. The first-order chi connectivity index (χ1) is 11.4. The fourth-order valence-electron chi connectivity index (χ4n) is 2.60. The van der Waals surface area contributed by atoms with E-state index in [0.29, 0.717) is 31.9 Å². The molecule has 1 saturated heterocycles. The zero-order chi connectivity index (χ0) is 17.3. The van der Waals surface area contributed by atoms with E-state index in [0.717, 1.165) is 11.2 Å². The van der Waals surface area contributed by atoms with Crippen molar-refractivity contribution in [2.75, 3.05) is 36.0 Å². The van der Waals surface area contributed by atoms with Crippen molar-refractivity contribution in [1.82, 2.24) is 4.98 Å². The third-order valence-electron chi connectivity index (χ3n) is 3.78. The van der Waals surface area contributed by atoms with Gasteiger partial charge in [0.05, 0.1) is 9.82 Å². The van der Waals surface area contributed by atoms with Gasteiger partial charge in [-0.25, -0.2) is 18.5 Å². The van der Waals surface area contributed by atoms with Crippen LogP contribution in [0.4, 0.5) is 16.5 Å². The van der Waals surface area contributed by atoms with Gasteiger partial charge in [0, 0.05) is 43.8 Å². The van der Waals surface area contributed by atoms with Crippen LogP contribution in [0, 0.1) is 10.1 Å². The molecular weight excluding hydrogens is 354 g/mol. The van der Waals surface area contributed by atoms with Crippen LogP contribution >= 0.6 is 11.3 Å². The zero-order valence-electron chi connectivity index (χ0n) is 12.5. The molecule has 11 heteroatoms. The summed E-state index contributed by atoms with van der Waals surface area (Å²) in [6, 6.07) is 3.75. The summed E-state index contributed by atoms with van der Waals surface area (Å²) < 4.78 is 22.8. The zero-order valence-corrected chi connectivity index (χ0v) is 14.2. The Balaban J connectivity index is 1.84. The molecule has 2 aromatic rings. The number of sulfonamides is 1. The van der Waals surface area contributed by atoms with Crippen LogP contribution in [-0.4, -0.2) is 44.5 Å². The fourth-order valence-corrected chi connectivity index (χ4v) is 3.84. The Labute approximate surface area is 142 Å². The molecule has 9 nitrogen and oxygen atoms in total. The molecule has 2 heterocycles. The number of nitro groups is 1. The van der Waals surface area contributed by atoms with E-state index in [2.05, 4.69) is 9.88 Å². The third kappa shape index (κ3) is 3.32. The highest BCUT2D eigenvalue weighted by Crippen LogP contribution is 2.32. The maximum Gasteiger partial charge on any atom is 0.293 e. The number of nitrogens with zero attached hydrogens (tertiary/aromatic N) is 4. The number of thiazole rings is 1. The molecule has 1 aliphatic rings. The van der Waals surface area contributed by atoms with Crippen LogP contribution in [0.3, 0.4) is 0 Å². The van der Waals surface area contributed by atoms with E-state index in [-0.39, 0.29) is 10.6 Å². The maximum atomic E-state index is 11.4. The molecule has 0 spiro atoms. The smallest absolute Gasteiger partial charge is 0.293 e. The molecule has 24 heavy (non-hydrogen) atoms. The molecule has 3 rings (SSSR count). The summed E-state index contributed by atoms with van der Waals surface area (Å²) in [5.41, 5.74) is 0.135. The summed E-state index contributed by atoms with van der Waals surface area (Å²) in [7, 11) is -3.98. The van der Waals surface area contributed by atoms with Gasteiger partial charge in [-0.15, -0.1) is 11.3 Å². The first-order valence-electron chi connectivity index (χ1n) is 7.07. The van der Waals surface area contributed by atoms with E-state index in [1.165, 1.54) is 12.1 Å². The predicted octanol–water partition coefficient (Wildman–Crippen LogP) is 1.03. The first-order valence-corrected chi connectivity index (χ1v) is 9.49. The fraction of sp³-hybridized carbons (Fsp3) is 0.308. The molecule has 128 valence electrons. The lowest BCUT2D eigenvalue weighted by Crippen LogP contribution is -2.46. The lowest BCUT2D eigenvalue weighted by molar-refractivity contribution is -0.384. The van der Waals surface area contributed by atoms with Crippen molar-refractivity contribution in [2.45, 2.75) is 4.90 Å². The highest BCUT2D eigenvalue weighted by molar-refractivity contribution is 7.89. The quantitative estimate of drug-likeness (QED) is 0.630. The number of aromatic nitrogens is 1. The van der Waals surface area contributed by atoms with Crippen LogP contribution in [0.2, 0.25) is 0 Å². The third-order valence-corrected chi connectivity index (χ3v) is 5.53. The molecule has 0 amide bonds. The summed E-state index contributed by atoms with van der Waals surface area (Å²) >= 11 is 1.55. The summed E-state index contributed by atoms with van der Waals surface area (Å²) in [6.45, 7) is 2.52. The number of nitro benzene ring substituents is 1. The Bertz CT molecular complexity index is 845. The average molecular weight is 369 g/mol. The second-order valence-corrected chi connectivity index (χ2v) is 7.68. The number of rotatable bonds is 4. The van der Waals surface area contributed by atoms with Crippen molar-refractivity contribution >= 4 is 37.9 Å². The van der Waals surface area contributed by atoms with Crippen LogP contribution in [-0.2, 0) is 10.0 Å². The van der Waals surface area contributed by atoms with Gasteiger partial charge < -0.3 is 9.80 Å². The minimum atomic E-state index is -3.98. The van der Waals surface area contributed by atoms with Crippen LogP contribution in [0.5, 0.6) is 0 Å². The van der Waals surface area contributed by atoms with E-state index in [1.807, 2.05) is 10.3 Å². The molecule has 0 unspecified atom stereocenters.